The highest BCUT2D eigenvalue weighted by atomic mass is 32.1. The zero-order chi connectivity index (χ0) is 28.6. The number of ether oxygens (including phenoxy) is 2. The normalized spacial score (nSPS) is 14.2. The minimum absolute atomic E-state index is 0.000439. The Hall–Kier alpha value is -4.12. The number of carbonyl (C=O) groups excluding carboxylic acids is 3. The molecule has 0 spiro atoms. The maximum atomic E-state index is 14.3. The lowest BCUT2D eigenvalue weighted by Crippen LogP contribution is -2.47. The molecular formula is C29H35N5O5S. The second-order valence-corrected chi connectivity index (χ2v) is 10.2. The van der Waals surface area contributed by atoms with Gasteiger partial charge in [0.25, 0.3) is 11.8 Å². The van der Waals surface area contributed by atoms with Gasteiger partial charge in [0.1, 0.15) is 22.4 Å². The number of hydrogen-bond donors (Lipinski definition) is 3. The molecule has 1 heterocycles. The molecule has 212 valence electrons. The zero-order valence-corrected chi connectivity index (χ0v) is 23.5. The maximum Gasteiger partial charge on any atom is 0.273 e. The Kier molecular flexibility index (Phi) is 9.60. The number of nitrogens with two attached hydrogens (primary N) is 2. The monoisotopic (exact) mass is 565 g/mol. The Morgan fingerprint density at radius 1 is 1.02 bits per heavy atom. The van der Waals surface area contributed by atoms with Gasteiger partial charge in [0.15, 0.2) is 5.69 Å². The summed E-state index contributed by atoms with van der Waals surface area (Å²) in [6.45, 7) is 4.56. The number of aromatic nitrogens is 1. The lowest BCUT2D eigenvalue weighted by molar-refractivity contribution is -0.123. The summed E-state index contributed by atoms with van der Waals surface area (Å²) in [4.78, 5) is 41.7. The van der Waals surface area contributed by atoms with Crippen LogP contribution in [0.15, 0.2) is 48.5 Å². The van der Waals surface area contributed by atoms with Crippen LogP contribution >= 0.6 is 11.5 Å². The van der Waals surface area contributed by atoms with Crippen LogP contribution in [0.2, 0.25) is 0 Å². The van der Waals surface area contributed by atoms with Crippen LogP contribution in [0.1, 0.15) is 77.7 Å². The van der Waals surface area contributed by atoms with Crippen molar-refractivity contribution in [3.05, 3.63) is 64.7 Å². The number of nitrogens with one attached hydrogen (secondary N) is 1. The Balaban J connectivity index is 1.87. The van der Waals surface area contributed by atoms with Crippen LogP contribution in [0.4, 0.5) is 11.4 Å². The summed E-state index contributed by atoms with van der Waals surface area (Å²) >= 11 is 0.764. The number of carbonyl (C=O) groups is 3. The molecular weight excluding hydrogens is 530 g/mol. The number of primary amides is 1. The number of anilines is 2. The van der Waals surface area contributed by atoms with Gasteiger partial charge in [-0.1, -0.05) is 43.5 Å². The second kappa shape index (κ2) is 13.3. The van der Waals surface area contributed by atoms with E-state index in [-0.39, 0.29) is 28.2 Å². The van der Waals surface area contributed by atoms with Gasteiger partial charge < -0.3 is 26.3 Å². The number of para-hydroxylation sites is 2. The van der Waals surface area contributed by atoms with Crippen LogP contribution in [-0.2, 0) is 4.79 Å². The molecule has 40 heavy (non-hydrogen) atoms. The molecule has 1 fully saturated rings. The molecule has 1 aromatic heterocycles. The summed E-state index contributed by atoms with van der Waals surface area (Å²) in [6.07, 6.45) is 4.93. The van der Waals surface area contributed by atoms with Crippen molar-refractivity contribution >= 4 is 40.6 Å². The standard InChI is InChI=1S/C29H35N5O5S/c1-3-38-20-16-14-18(15-17-20)25(28(36)32-19-10-6-5-7-11-19)34(21-12-8-9-13-22(21)39-4-2)29(37)26-23(30)24(27(31)35)33-40-26/h8-9,12-17,19,25H,3-7,10-11,30H2,1-2H3,(H2,31,35)(H,32,36)/t25-/m1/s1. The van der Waals surface area contributed by atoms with Crippen molar-refractivity contribution in [2.75, 3.05) is 23.8 Å². The summed E-state index contributed by atoms with van der Waals surface area (Å²) < 4.78 is 15.5. The van der Waals surface area contributed by atoms with Gasteiger partial charge in [0.05, 0.1) is 24.6 Å². The average molecular weight is 566 g/mol. The predicted molar refractivity (Wildman–Crippen MR) is 155 cm³/mol. The predicted octanol–water partition coefficient (Wildman–Crippen LogP) is 4.46. The molecule has 0 saturated heterocycles. The van der Waals surface area contributed by atoms with E-state index in [1.165, 1.54) is 4.90 Å². The molecule has 1 aliphatic carbocycles. The molecule has 3 aromatic rings. The Morgan fingerprint density at radius 3 is 2.33 bits per heavy atom. The molecule has 0 unspecified atom stereocenters. The minimum Gasteiger partial charge on any atom is -0.494 e. The molecule has 1 aliphatic rings. The molecule has 10 nitrogen and oxygen atoms in total. The molecule has 1 atom stereocenters. The fourth-order valence-electron chi connectivity index (χ4n) is 4.90. The van der Waals surface area contributed by atoms with Gasteiger partial charge >= 0.3 is 0 Å². The lowest BCUT2D eigenvalue weighted by Gasteiger charge is -2.34. The van der Waals surface area contributed by atoms with Gasteiger partial charge in [0.2, 0.25) is 5.91 Å². The van der Waals surface area contributed by atoms with Crippen LogP contribution < -0.4 is 31.2 Å². The first-order chi connectivity index (χ1) is 19.3. The quantitative estimate of drug-likeness (QED) is 0.311. The molecule has 1 saturated carbocycles. The van der Waals surface area contributed by atoms with E-state index >= 15 is 0 Å². The van der Waals surface area contributed by atoms with E-state index in [4.69, 9.17) is 20.9 Å². The number of rotatable bonds is 11. The van der Waals surface area contributed by atoms with Crippen molar-refractivity contribution < 1.29 is 23.9 Å². The number of nitrogen functional groups attached to an aromatic ring is 1. The van der Waals surface area contributed by atoms with Crippen molar-refractivity contribution in [1.29, 1.82) is 0 Å². The van der Waals surface area contributed by atoms with Gasteiger partial charge in [-0.25, -0.2) is 0 Å². The van der Waals surface area contributed by atoms with Crippen LogP contribution in [0.5, 0.6) is 11.5 Å². The molecule has 0 aliphatic heterocycles. The largest absolute Gasteiger partial charge is 0.494 e. The third-order valence-electron chi connectivity index (χ3n) is 6.76. The Bertz CT molecular complexity index is 1340. The summed E-state index contributed by atoms with van der Waals surface area (Å²) in [5, 5.41) is 3.18. The topological polar surface area (TPSA) is 150 Å². The van der Waals surface area contributed by atoms with Crippen molar-refractivity contribution in [1.82, 2.24) is 9.69 Å². The molecule has 2 aromatic carbocycles. The first-order valence-corrected chi connectivity index (χ1v) is 14.3. The van der Waals surface area contributed by atoms with Crippen LogP contribution in [0, 0.1) is 0 Å². The highest BCUT2D eigenvalue weighted by Gasteiger charge is 2.38. The van der Waals surface area contributed by atoms with Crippen molar-refractivity contribution in [3.8, 4) is 11.5 Å². The molecule has 0 radical (unpaired) electrons. The van der Waals surface area contributed by atoms with Crippen LogP contribution in [0.3, 0.4) is 0 Å². The van der Waals surface area contributed by atoms with Gasteiger partial charge in [-0.3, -0.25) is 19.3 Å². The lowest BCUT2D eigenvalue weighted by atomic mass is 9.94. The highest BCUT2D eigenvalue weighted by molar-refractivity contribution is 7.09. The number of benzene rings is 2. The molecule has 4 rings (SSSR count). The number of nitrogens with zero attached hydrogens (tertiary/aromatic N) is 2. The van der Waals surface area contributed by atoms with Gasteiger partial charge in [-0.05, 0) is 68.1 Å². The molecule has 3 amide bonds. The maximum absolute atomic E-state index is 14.3. The van der Waals surface area contributed by atoms with Crippen molar-refractivity contribution in [2.24, 2.45) is 5.73 Å². The molecule has 0 bridgehead atoms. The fourth-order valence-corrected chi connectivity index (χ4v) is 5.64. The third kappa shape index (κ3) is 6.36. The highest BCUT2D eigenvalue weighted by Crippen LogP contribution is 2.38. The van der Waals surface area contributed by atoms with Gasteiger partial charge in [-0.15, -0.1) is 0 Å². The summed E-state index contributed by atoms with van der Waals surface area (Å²) in [6, 6.07) is 13.0. The van der Waals surface area contributed by atoms with Gasteiger partial charge in [0, 0.05) is 6.04 Å². The van der Waals surface area contributed by atoms with E-state index in [0.29, 0.717) is 36.0 Å². The Labute approximate surface area is 237 Å². The first kappa shape index (κ1) is 28.9. The zero-order valence-electron chi connectivity index (χ0n) is 22.7. The number of amides is 3. The Morgan fingerprint density at radius 2 is 1.70 bits per heavy atom. The van der Waals surface area contributed by atoms with E-state index in [1.54, 1.807) is 48.5 Å². The van der Waals surface area contributed by atoms with Crippen molar-refractivity contribution in [3.63, 3.8) is 0 Å². The van der Waals surface area contributed by atoms with Crippen LogP contribution in [-0.4, -0.2) is 41.4 Å². The fraction of sp³-hybridized carbons (Fsp3) is 0.379. The molecule has 5 N–H and O–H groups in total. The SMILES string of the molecule is CCOc1ccc([C@H](C(=O)NC2CCCCC2)N(C(=O)c2snc(C(N)=O)c2N)c2ccccc2OCC)cc1. The van der Waals surface area contributed by atoms with Crippen molar-refractivity contribution in [2.45, 2.75) is 58.0 Å². The van der Waals surface area contributed by atoms with E-state index < -0.39 is 17.9 Å². The van der Waals surface area contributed by atoms with Crippen LogP contribution in [0.25, 0.3) is 0 Å². The number of hydrogen-bond acceptors (Lipinski definition) is 8. The van der Waals surface area contributed by atoms with E-state index in [1.807, 2.05) is 13.8 Å². The minimum atomic E-state index is -1.09. The average Bonchev–Trinajstić information content (AvgIpc) is 3.35. The molecule has 11 heteroatoms. The smallest absolute Gasteiger partial charge is 0.273 e. The second-order valence-electron chi connectivity index (χ2n) is 9.46. The third-order valence-corrected chi connectivity index (χ3v) is 7.61. The van der Waals surface area contributed by atoms with Gasteiger partial charge in [-0.2, -0.15) is 4.37 Å². The first-order valence-electron chi connectivity index (χ1n) is 13.5. The van der Waals surface area contributed by atoms with E-state index in [0.717, 1.165) is 43.6 Å². The summed E-state index contributed by atoms with van der Waals surface area (Å²) in [7, 11) is 0. The summed E-state index contributed by atoms with van der Waals surface area (Å²) in [5.41, 5.74) is 12.2. The summed E-state index contributed by atoms with van der Waals surface area (Å²) in [5.74, 6) is -0.727. The van der Waals surface area contributed by atoms with E-state index in [2.05, 4.69) is 9.69 Å². The van der Waals surface area contributed by atoms with E-state index in [9.17, 15) is 14.4 Å².